The molecule has 1 aliphatic carbocycles. The molecule has 4 heteroatoms. The van der Waals surface area contributed by atoms with Crippen molar-refractivity contribution in [2.45, 2.75) is 44.7 Å². The van der Waals surface area contributed by atoms with E-state index in [0.29, 0.717) is 5.84 Å². The Balaban J connectivity index is 2.05. The van der Waals surface area contributed by atoms with E-state index in [1.54, 1.807) is 0 Å². The van der Waals surface area contributed by atoms with Gasteiger partial charge in [0.05, 0.1) is 0 Å². The normalized spacial score (nSPS) is 25.9. The highest BCUT2D eigenvalue weighted by Crippen LogP contribution is 2.38. The minimum absolute atomic E-state index is 0.113. The molecule has 100 valence electrons. The Labute approximate surface area is 113 Å². The lowest BCUT2D eigenvalue weighted by molar-refractivity contribution is 0.136. The number of benzene rings is 1. The summed E-state index contributed by atoms with van der Waals surface area (Å²) in [5.41, 5.74) is 8.35. The van der Waals surface area contributed by atoms with Crippen LogP contribution in [0, 0.1) is 0 Å². The van der Waals surface area contributed by atoms with Gasteiger partial charge in [0.15, 0.2) is 0 Å². The van der Waals surface area contributed by atoms with Crippen molar-refractivity contribution in [1.29, 1.82) is 0 Å². The molecule has 0 aromatic heterocycles. The predicted octanol–water partition coefficient (Wildman–Crippen LogP) is 2.12. The Morgan fingerprint density at radius 2 is 2.00 bits per heavy atom. The summed E-state index contributed by atoms with van der Waals surface area (Å²) in [6.07, 6.45) is 2.59. The second kappa shape index (κ2) is 4.08. The summed E-state index contributed by atoms with van der Waals surface area (Å²) < 4.78 is 0. The predicted molar refractivity (Wildman–Crippen MR) is 75.2 cm³/mol. The minimum atomic E-state index is -0.403. The number of amidine groups is 1. The SMILES string of the molecule is CC(C)N1C(=O)N=C(N)C12CCc1ccccc1C2. The van der Waals surface area contributed by atoms with Crippen molar-refractivity contribution >= 4 is 11.9 Å². The third kappa shape index (κ3) is 1.66. The number of hydrogen-bond acceptors (Lipinski definition) is 2. The Bertz CT molecular complexity index is 564. The number of hydrogen-bond donors (Lipinski definition) is 1. The van der Waals surface area contributed by atoms with E-state index in [4.69, 9.17) is 5.73 Å². The first-order chi connectivity index (χ1) is 9.04. The number of carbonyl (C=O) groups is 1. The van der Waals surface area contributed by atoms with E-state index in [-0.39, 0.29) is 12.1 Å². The van der Waals surface area contributed by atoms with Crippen LogP contribution in [0.2, 0.25) is 0 Å². The second-order valence-corrected chi connectivity index (χ2v) is 5.72. The number of aryl methyl sites for hydroxylation is 1. The largest absolute Gasteiger partial charge is 0.385 e. The number of aliphatic imine (C=N–C) groups is 1. The molecule has 19 heavy (non-hydrogen) atoms. The van der Waals surface area contributed by atoms with Gasteiger partial charge in [0.1, 0.15) is 11.4 Å². The molecule has 0 fully saturated rings. The average Bonchev–Trinajstić information content (AvgIpc) is 2.60. The van der Waals surface area contributed by atoms with E-state index < -0.39 is 5.54 Å². The molecule has 1 aliphatic heterocycles. The quantitative estimate of drug-likeness (QED) is 0.837. The zero-order valence-electron chi connectivity index (χ0n) is 11.4. The Morgan fingerprint density at radius 3 is 2.68 bits per heavy atom. The van der Waals surface area contributed by atoms with E-state index in [9.17, 15) is 4.79 Å². The number of urea groups is 1. The molecular weight excluding hydrogens is 238 g/mol. The van der Waals surface area contributed by atoms with Crippen LogP contribution in [-0.4, -0.2) is 28.3 Å². The molecule has 1 unspecified atom stereocenters. The molecule has 1 atom stereocenters. The van der Waals surface area contributed by atoms with Crippen LogP contribution in [0.15, 0.2) is 29.3 Å². The molecule has 1 aromatic rings. The maximum Gasteiger partial charge on any atom is 0.346 e. The van der Waals surface area contributed by atoms with E-state index in [1.165, 1.54) is 11.1 Å². The van der Waals surface area contributed by atoms with Crippen molar-refractivity contribution in [3.63, 3.8) is 0 Å². The van der Waals surface area contributed by atoms with Gasteiger partial charge in [-0.1, -0.05) is 24.3 Å². The maximum atomic E-state index is 12.1. The van der Waals surface area contributed by atoms with Crippen molar-refractivity contribution in [1.82, 2.24) is 4.90 Å². The lowest BCUT2D eigenvalue weighted by atomic mass is 9.76. The third-order valence-corrected chi connectivity index (χ3v) is 4.29. The van der Waals surface area contributed by atoms with Crippen LogP contribution >= 0.6 is 0 Å². The van der Waals surface area contributed by atoms with Crippen LogP contribution < -0.4 is 5.73 Å². The molecule has 2 N–H and O–H groups in total. The first-order valence-corrected chi connectivity index (χ1v) is 6.79. The summed E-state index contributed by atoms with van der Waals surface area (Å²) in [5, 5.41) is 0. The van der Waals surface area contributed by atoms with Crippen molar-refractivity contribution < 1.29 is 4.79 Å². The smallest absolute Gasteiger partial charge is 0.346 e. The van der Waals surface area contributed by atoms with Crippen LogP contribution in [0.3, 0.4) is 0 Å². The number of amides is 2. The highest BCUT2D eigenvalue weighted by atomic mass is 16.2. The first-order valence-electron chi connectivity index (χ1n) is 6.79. The number of carbonyl (C=O) groups excluding carboxylic acids is 1. The molecule has 2 aliphatic rings. The molecular formula is C15H19N3O. The summed E-state index contributed by atoms with van der Waals surface area (Å²) in [6.45, 7) is 4.04. The fourth-order valence-corrected chi connectivity index (χ4v) is 3.43. The van der Waals surface area contributed by atoms with E-state index in [1.807, 2.05) is 24.8 Å². The zero-order chi connectivity index (χ0) is 13.6. The topological polar surface area (TPSA) is 58.7 Å². The van der Waals surface area contributed by atoms with Crippen molar-refractivity contribution in [2.24, 2.45) is 10.7 Å². The van der Waals surface area contributed by atoms with Gasteiger partial charge in [-0.15, -0.1) is 0 Å². The van der Waals surface area contributed by atoms with Crippen LogP contribution in [0.1, 0.15) is 31.4 Å². The van der Waals surface area contributed by atoms with E-state index >= 15 is 0 Å². The lowest BCUT2D eigenvalue weighted by Gasteiger charge is -2.43. The molecule has 3 rings (SSSR count). The highest BCUT2D eigenvalue weighted by molar-refractivity contribution is 6.06. The van der Waals surface area contributed by atoms with Crippen molar-refractivity contribution in [2.75, 3.05) is 0 Å². The molecule has 0 saturated carbocycles. The van der Waals surface area contributed by atoms with Crippen LogP contribution in [0.25, 0.3) is 0 Å². The molecule has 0 radical (unpaired) electrons. The fourth-order valence-electron chi connectivity index (χ4n) is 3.43. The number of rotatable bonds is 1. The summed E-state index contributed by atoms with van der Waals surface area (Å²) in [5.74, 6) is 0.487. The summed E-state index contributed by atoms with van der Waals surface area (Å²) >= 11 is 0. The zero-order valence-corrected chi connectivity index (χ0v) is 11.4. The molecule has 1 spiro atoms. The number of nitrogens with two attached hydrogens (primary N) is 1. The highest BCUT2D eigenvalue weighted by Gasteiger charge is 2.50. The van der Waals surface area contributed by atoms with Gasteiger partial charge < -0.3 is 10.6 Å². The average molecular weight is 257 g/mol. The van der Waals surface area contributed by atoms with Gasteiger partial charge in [0, 0.05) is 12.5 Å². The van der Waals surface area contributed by atoms with E-state index in [0.717, 1.165) is 19.3 Å². The van der Waals surface area contributed by atoms with Gasteiger partial charge in [0.25, 0.3) is 0 Å². The first kappa shape index (κ1) is 12.2. The van der Waals surface area contributed by atoms with Crippen molar-refractivity contribution in [3.8, 4) is 0 Å². The lowest BCUT2D eigenvalue weighted by Crippen LogP contribution is -2.59. The van der Waals surface area contributed by atoms with Gasteiger partial charge in [-0.2, -0.15) is 4.99 Å². The molecule has 1 heterocycles. The summed E-state index contributed by atoms with van der Waals surface area (Å²) in [6, 6.07) is 8.32. The third-order valence-electron chi connectivity index (χ3n) is 4.29. The molecule has 0 saturated heterocycles. The minimum Gasteiger partial charge on any atom is -0.385 e. The molecule has 4 nitrogen and oxygen atoms in total. The molecule has 1 aromatic carbocycles. The van der Waals surface area contributed by atoms with E-state index in [2.05, 4.69) is 23.2 Å². The Kier molecular flexibility index (Phi) is 2.62. The van der Waals surface area contributed by atoms with Gasteiger partial charge >= 0.3 is 6.03 Å². The monoisotopic (exact) mass is 257 g/mol. The number of fused-ring (bicyclic) bond motifs is 1. The van der Waals surface area contributed by atoms with Gasteiger partial charge in [-0.25, -0.2) is 4.79 Å². The van der Waals surface area contributed by atoms with Crippen LogP contribution in [0.5, 0.6) is 0 Å². The van der Waals surface area contributed by atoms with Crippen LogP contribution in [0.4, 0.5) is 4.79 Å². The standard InChI is InChI=1S/C15H19N3O/c1-10(2)18-14(19)17-13(16)15(18)8-7-11-5-3-4-6-12(11)9-15/h3-6,10H,7-9H2,1-2H3,(H2,16,17,19). The Morgan fingerprint density at radius 1 is 1.32 bits per heavy atom. The van der Waals surface area contributed by atoms with Gasteiger partial charge in [0.2, 0.25) is 0 Å². The fraction of sp³-hybridized carbons (Fsp3) is 0.467. The number of nitrogens with zero attached hydrogens (tertiary/aromatic N) is 2. The van der Waals surface area contributed by atoms with Crippen LogP contribution in [-0.2, 0) is 12.8 Å². The maximum absolute atomic E-state index is 12.1. The van der Waals surface area contributed by atoms with Crippen molar-refractivity contribution in [3.05, 3.63) is 35.4 Å². The molecule has 0 bridgehead atoms. The summed E-state index contributed by atoms with van der Waals surface area (Å²) in [4.78, 5) is 18.0. The Hall–Kier alpha value is -1.84. The van der Waals surface area contributed by atoms with Gasteiger partial charge in [-0.05, 0) is 37.8 Å². The summed E-state index contributed by atoms with van der Waals surface area (Å²) in [7, 11) is 0. The second-order valence-electron chi connectivity index (χ2n) is 5.72. The van der Waals surface area contributed by atoms with Gasteiger partial charge in [-0.3, -0.25) is 0 Å². The molecule has 2 amide bonds.